The summed E-state index contributed by atoms with van der Waals surface area (Å²) >= 11 is 0. The zero-order valence-corrected chi connectivity index (χ0v) is 12.1. The third-order valence-electron chi connectivity index (χ3n) is 4.44. The molecule has 3 unspecified atom stereocenters. The Labute approximate surface area is 108 Å². The van der Waals surface area contributed by atoms with Crippen molar-refractivity contribution in [3.05, 3.63) is 0 Å². The fourth-order valence-corrected chi connectivity index (χ4v) is 3.39. The van der Waals surface area contributed by atoms with Crippen LogP contribution in [0.4, 0.5) is 0 Å². The van der Waals surface area contributed by atoms with Crippen LogP contribution in [0.3, 0.4) is 0 Å². The van der Waals surface area contributed by atoms with Crippen molar-refractivity contribution in [3.8, 4) is 0 Å². The highest BCUT2D eigenvalue weighted by Gasteiger charge is 2.28. The van der Waals surface area contributed by atoms with E-state index in [9.17, 15) is 0 Å². The third-order valence-corrected chi connectivity index (χ3v) is 4.44. The van der Waals surface area contributed by atoms with Crippen LogP contribution >= 0.6 is 0 Å². The van der Waals surface area contributed by atoms with Crippen molar-refractivity contribution in [2.24, 2.45) is 17.6 Å². The van der Waals surface area contributed by atoms with E-state index in [1.807, 2.05) is 0 Å². The Hall–Kier alpha value is -0.0800. The van der Waals surface area contributed by atoms with Crippen molar-refractivity contribution >= 4 is 0 Å². The van der Waals surface area contributed by atoms with Crippen molar-refractivity contribution in [3.63, 3.8) is 0 Å². The fraction of sp³-hybridized carbons (Fsp3) is 1.00. The van der Waals surface area contributed by atoms with Gasteiger partial charge in [-0.1, -0.05) is 40.0 Å². The maximum absolute atomic E-state index is 6.06. The van der Waals surface area contributed by atoms with Crippen LogP contribution in [-0.4, -0.2) is 30.6 Å². The lowest BCUT2D eigenvalue weighted by Crippen LogP contribution is -2.47. The van der Waals surface area contributed by atoms with Crippen LogP contribution in [0, 0.1) is 11.8 Å². The Kier molecular flexibility index (Phi) is 7.14. The molecule has 2 nitrogen and oxygen atoms in total. The van der Waals surface area contributed by atoms with Crippen molar-refractivity contribution < 1.29 is 0 Å². The Morgan fingerprint density at radius 3 is 2.59 bits per heavy atom. The second-order valence-electron chi connectivity index (χ2n) is 5.82. The molecule has 0 aliphatic heterocycles. The van der Waals surface area contributed by atoms with Gasteiger partial charge in [0.1, 0.15) is 0 Å². The predicted octanol–water partition coefficient (Wildman–Crippen LogP) is 3.26. The van der Waals surface area contributed by atoms with Gasteiger partial charge in [-0.05, 0) is 44.2 Å². The molecule has 0 radical (unpaired) electrons. The molecule has 0 saturated heterocycles. The fourth-order valence-electron chi connectivity index (χ4n) is 3.39. The molecule has 1 rings (SSSR count). The highest BCUT2D eigenvalue weighted by Crippen LogP contribution is 2.32. The zero-order valence-electron chi connectivity index (χ0n) is 12.1. The van der Waals surface area contributed by atoms with E-state index in [1.54, 1.807) is 0 Å². The van der Waals surface area contributed by atoms with E-state index < -0.39 is 0 Å². The third kappa shape index (κ3) is 4.59. The van der Waals surface area contributed by atoms with Gasteiger partial charge in [-0.15, -0.1) is 0 Å². The van der Waals surface area contributed by atoms with Gasteiger partial charge in [0.15, 0.2) is 0 Å². The smallest absolute Gasteiger partial charge is 0.0246 e. The molecule has 2 heteroatoms. The highest BCUT2D eigenvalue weighted by atomic mass is 15.2. The van der Waals surface area contributed by atoms with Gasteiger partial charge < -0.3 is 5.73 Å². The summed E-state index contributed by atoms with van der Waals surface area (Å²) in [6.07, 6.45) is 8.23. The molecule has 1 saturated carbocycles. The first-order valence-corrected chi connectivity index (χ1v) is 7.67. The van der Waals surface area contributed by atoms with Gasteiger partial charge in [0.25, 0.3) is 0 Å². The molecule has 0 aromatic heterocycles. The Balaban J connectivity index is 2.53. The summed E-state index contributed by atoms with van der Waals surface area (Å²) in [5, 5.41) is 0. The zero-order chi connectivity index (χ0) is 12.7. The van der Waals surface area contributed by atoms with Crippen molar-refractivity contribution in [1.82, 2.24) is 4.90 Å². The minimum atomic E-state index is 0.634. The van der Waals surface area contributed by atoms with E-state index in [1.165, 1.54) is 45.1 Å². The monoisotopic (exact) mass is 240 g/mol. The number of nitrogens with zero attached hydrogens (tertiary/aromatic N) is 1. The standard InChI is InChI=1S/C15H32N2/c1-4-6-10-17(5-2)15(12-16)14-9-7-8-13(3)11-14/h13-15H,4-12,16H2,1-3H3. The second-order valence-corrected chi connectivity index (χ2v) is 5.82. The molecule has 0 bridgehead atoms. The molecule has 0 heterocycles. The van der Waals surface area contributed by atoms with Crippen LogP contribution < -0.4 is 5.73 Å². The van der Waals surface area contributed by atoms with E-state index in [4.69, 9.17) is 5.73 Å². The summed E-state index contributed by atoms with van der Waals surface area (Å²) in [6, 6.07) is 0.634. The predicted molar refractivity (Wildman–Crippen MR) is 76.1 cm³/mol. The molecular formula is C15H32N2. The van der Waals surface area contributed by atoms with Crippen LogP contribution in [0.1, 0.15) is 59.3 Å². The summed E-state index contributed by atoms with van der Waals surface area (Å²) in [5.41, 5.74) is 6.06. The van der Waals surface area contributed by atoms with Crippen LogP contribution in [0.5, 0.6) is 0 Å². The molecule has 102 valence electrons. The van der Waals surface area contributed by atoms with E-state index in [-0.39, 0.29) is 0 Å². The van der Waals surface area contributed by atoms with E-state index in [0.29, 0.717) is 6.04 Å². The molecule has 17 heavy (non-hydrogen) atoms. The molecule has 2 N–H and O–H groups in total. The molecule has 1 fully saturated rings. The van der Waals surface area contributed by atoms with Crippen molar-refractivity contribution in [1.29, 1.82) is 0 Å². The van der Waals surface area contributed by atoms with Gasteiger partial charge in [-0.25, -0.2) is 0 Å². The molecule has 0 amide bonds. The SMILES string of the molecule is CCCCN(CC)C(CN)C1CCCC(C)C1. The topological polar surface area (TPSA) is 29.3 Å². The summed E-state index contributed by atoms with van der Waals surface area (Å²) in [7, 11) is 0. The first kappa shape index (κ1) is 15.0. The number of hydrogen-bond acceptors (Lipinski definition) is 2. The molecule has 0 aromatic carbocycles. The Bertz CT molecular complexity index is 193. The molecular weight excluding hydrogens is 208 g/mol. The van der Waals surface area contributed by atoms with Gasteiger partial charge >= 0.3 is 0 Å². The van der Waals surface area contributed by atoms with Gasteiger partial charge in [0.05, 0.1) is 0 Å². The highest BCUT2D eigenvalue weighted by molar-refractivity contribution is 4.84. The number of nitrogens with two attached hydrogens (primary N) is 1. The summed E-state index contributed by atoms with van der Waals surface area (Å²) in [6.45, 7) is 10.2. The summed E-state index contributed by atoms with van der Waals surface area (Å²) < 4.78 is 0. The molecule has 1 aliphatic carbocycles. The second kappa shape index (κ2) is 8.10. The lowest BCUT2D eigenvalue weighted by molar-refractivity contribution is 0.111. The summed E-state index contributed by atoms with van der Waals surface area (Å²) in [5.74, 6) is 1.76. The van der Waals surface area contributed by atoms with Gasteiger partial charge in [-0.3, -0.25) is 4.90 Å². The minimum absolute atomic E-state index is 0.634. The number of unbranched alkanes of at least 4 members (excludes halogenated alkanes) is 1. The molecule has 0 aromatic rings. The van der Waals surface area contributed by atoms with Crippen molar-refractivity contribution in [2.45, 2.75) is 65.3 Å². The van der Waals surface area contributed by atoms with E-state index >= 15 is 0 Å². The van der Waals surface area contributed by atoms with Crippen LogP contribution in [0.25, 0.3) is 0 Å². The number of rotatable bonds is 7. The molecule has 0 spiro atoms. The summed E-state index contributed by atoms with van der Waals surface area (Å²) in [4.78, 5) is 2.63. The Morgan fingerprint density at radius 2 is 2.06 bits per heavy atom. The average molecular weight is 240 g/mol. The minimum Gasteiger partial charge on any atom is -0.329 e. The number of hydrogen-bond donors (Lipinski definition) is 1. The van der Waals surface area contributed by atoms with E-state index in [2.05, 4.69) is 25.7 Å². The molecule has 3 atom stereocenters. The van der Waals surface area contributed by atoms with Crippen molar-refractivity contribution in [2.75, 3.05) is 19.6 Å². The van der Waals surface area contributed by atoms with Gasteiger partial charge in [0, 0.05) is 12.6 Å². The maximum Gasteiger partial charge on any atom is 0.0246 e. The van der Waals surface area contributed by atoms with Gasteiger partial charge in [0.2, 0.25) is 0 Å². The quantitative estimate of drug-likeness (QED) is 0.740. The van der Waals surface area contributed by atoms with Crippen LogP contribution in [0.15, 0.2) is 0 Å². The maximum atomic E-state index is 6.06. The number of likely N-dealkylation sites (N-methyl/N-ethyl adjacent to an activating group) is 1. The largest absolute Gasteiger partial charge is 0.329 e. The first-order chi connectivity index (χ1) is 8.22. The molecule has 1 aliphatic rings. The lowest BCUT2D eigenvalue weighted by atomic mass is 9.78. The van der Waals surface area contributed by atoms with Crippen LogP contribution in [0.2, 0.25) is 0 Å². The first-order valence-electron chi connectivity index (χ1n) is 7.67. The van der Waals surface area contributed by atoms with E-state index in [0.717, 1.165) is 24.9 Å². The Morgan fingerprint density at radius 1 is 1.29 bits per heavy atom. The normalized spacial score (nSPS) is 27.4. The lowest BCUT2D eigenvalue weighted by Gasteiger charge is -2.39. The average Bonchev–Trinajstić information content (AvgIpc) is 2.34. The van der Waals surface area contributed by atoms with Gasteiger partial charge in [-0.2, -0.15) is 0 Å². The van der Waals surface area contributed by atoms with Crippen LogP contribution in [-0.2, 0) is 0 Å².